The highest BCUT2D eigenvalue weighted by molar-refractivity contribution is 5.96. The highest BCUT2D eigenvalue weighted by atomic mass is 16.4. The van der Waals surface area contributed by atoms with E-state index in [1.807, 2.05) is 6.92 Å². The predicted molar refractivity (Wildman–Crippen MR) is 76.1 cm³/mol. The first-order valence-corrected chi connectivity index (χ1v) is 6.78. The quantitative estimate of drug-likeness (QED) is 0.762. The molecule has 0 aliphatic rings. The van der Waals surface area contributed by atoms with Gasteiger partial charge in [-0.25, -0.2) is 4.79 Å². The molecule has 0 aliphatic carbocycles. The lowest BCUT2D eigenvalue weighted by atomic mass is 10.1. The minimum atomic E-state index is -1.19. The largest absolute Gasteiger partial charge is 0.481 e. The Labute approximate surface area is 123 Å². The minimum absolute atomic E-state index is 0.108. The molecule has 2 N–H and O–H groups in total. The third kappa shape index (κ3) is 4.91. The summed E-state index contributed by atoms with van der Waals surface area (Å²) >= 11 is 0. The van der Waals surface area contributed by atoms with Gasteiger partial charge in [-0.2, -0.15) is 0 Å². The van der Waals surface area contributed by atoms with Crippen molar-refractivity contribution in [2.45, 2.75) is 32.2 Å². The summed E-state index contributed by atoms with van der Waals surface area (Å²) in [4.78, 5) is 35.7. The number of carboxylic acid groups (broad SMARTS) is 2. The molecule has 0 fully saturated rings. The molecule has 1 rings (SSSR count). The lowest BCUT2D eigenvalue weighted by Gasteiger charge is -2.28. The molecule has 1 atom stereocenters. The summed E-state index contributed by atoms with van der Waals surface area (Å²) in [6.07, 6.45) is 0.192. The van der Waals surface area contributed by atoms with E-state index in [-0.39, 0.29) is 19.4 Å². The van der Waals surface area contributed by atoms with Gasteiger partial charge in [-0.3, -0.25) is 9.59 Å². The maximum Gasteiger partial charge on any atom is 0.326 e. The first-order chi connectivity index (χ1) is 9.97. The van der Waals surface area contributed by atoms with Gasteiger partial charge in [0, 0.05) is 18.5 Å². The highest BCUT2D eigenvalue weighted by Crippen LogP contribution is 2.14. The molecule has 1 amide bonds. The third-order valence-corrected chi connectivity index (χ3v) is 3.04. The van der Waals surface area contributed by atoms with Gasteiger partial charge in [0.15, 0.2) is 0 Å². The van der Waals surface area contributed by atoms with E-state index in [2.05, 4.69) is 0 Å². The molecule has 6 heteroatoms. The number of nitrogens with zero attached hydrogens (tertiary/aromatic N) is 1. The molecule has 0 radical (unpaired) electrons. The van der Waals surface area contributed by atoms with Gasteiger partial charge in [0.2, 0.25) is 0 Å². The van der Waals surface area contributed by atoms with Crippen molar-refractivity contribution in [2.75, 3.05) is 6.54 Å². The smallest absolute Gasteiger partial charge is 0.326 e. The predicted octanol–water partition coefficient (Wildman–Crippen LogP) is 1.86. The zero-order chi connectivity index (χ0) is 15.8. The van der Waals surface area contributed by atoms with Crippen molar-refractivity contribution < 1.29 is 24.6 Å². The van der Waals surface area contributed by atoms with Crippen LogP contribution >= 0.6 is 0 Å². The Morgan fingerprint density at radius 1 is 1.14 bits per heavy atom. The van der Waals surface area contributed by atoms with Crippen LogP contribution < -0.4 is 0 Å². The number of rotatable bonds is 8. The molecule has 0 saturated carbocycles. The van der Waals surface area contributed by atoms with Crippen LogP contribution in [0.5, 0.6) is 0 Å². The molecule has 0 unspecified atom stereocenters. The summed E-state index contributed by atoms with van der Waals surface area (Å²) in [5, 5.41) is 18.0. The van der Waals surface area contributed by atoms with E-state index in [0.29, 0.717) is 12.0 Å². The molecule has 0 saturated heterocycles. The first kappa shape index (κ1) is 16.7. The average molecular weight is 293 g/mol. The molecule has 0 heterocycles. The van der Waals surface area contributed by atoms with Gasteiger partial charge < -0.3 is 15.1 Å². The summed E-state index contributed by atoms with van der Waals surface area (Å²) in [5.41, 5.74) is 0.396. The fraction of sp³-hybridized carbons (Fsp3) is 0.400. The van der Waals surface area contributed by atoms with E-state index < -0.39 is 23.9 Å². The maximum atomic E-state index is 12.4. The molecule has 114 valence electrons. The summed E-state index contributed by atoms with van der Waals surface area (Å²) in [5.74, 6) is -2.66. The van der Waals surface area contributed by atoms with Gasteiger partial charge in [-0.05, 0) is 25.0 Å². The third-order valence-electron chi connectivity index (χ3n) is 3.04. The van der Waals surface area contributed by atoms with E-state index in [0.717, 1.165) is 0 Å². The van der Waals surface area contributed by atoms with Crippen molar-refractivity contribution in [1.82, 2.24) is 4.90 Å². The fourth-order valence-electron chi connectivity index (χ4n) is 2.06. The Morgan fingerprint density at radius 2 is 1.76 bits per heavy atom. The molecule has 1 aromatic carbocycles. The molecule has 0 aromatic heterocycles. The standard InChI is InChI=1S/C15H19NO5/c1-2-10-16(12(15(20)21)8-9-13(17)18)14(19)11-6-4-3-5-7-11/h3-7,12H,2,8-10H2,1H3,(H,17,18)(H,20,21)/t12-/m0/s1. The molecular formula is C15H19NO5. The van der Waals surface area contributed by atoms with Crippen LogP contribution in [0.3, 0.4) is 0 Å². The van der Waals surface area contributed by atoms with E-state index in [4.69, 9.17) is 5.11 Å². The number of aliphatic carboxylic acids is 2. The summed E-state index contributed by atoms with van der Waals surface area (Å²) in [6.45, 7) is 2.10. The molecule has 21 heavy (non-hydrogen) atoms. The SMILES string of the molecule is CCCN(C(=O)c1ccccc1)[C@@H](CCC(=O)O)C(=O)O. The molecule has 1 aromatic rings. The first-order valence-electron chi connectivity index (χ1n) is 6.78. The number of hydrogen-bond acceptors (Lipinski definition) is 3. The van der Waals surface area contributed by atoms with Gasteiger partial charge in [0.1, 0.15) is 6.04 Å². The van der Waals surface area contributed by atoms with Crippen LogP contribution in [0.25, 0.3) is 0 Å². The van der Waals surface area contributed by atoms with Gasteiger partial charge in [0.25, 0.3) is 5.91 Å². The van der Waals surface area contributed by atoms with Crippen LogP contribution in [0.4, 0.5) is 0 Å². The van der Waals surface area contributed by atoms with Crippen molar-refractivity contribution in [3.63, 3.8) is 0 Å². The Balaban J connectivity index is 2.98. The fourth-order valence-corrected chi connectivity index (χ4v) is 2.06. The number of amides is 1. The van der Waals surface area contributed by atoms with Crippen molar-refractivity contribution in [3.8, 4) is 0 Å². The summed E-state index contributed by atoms with van der Waals surface area (Å²) in [6, 6.07) is 7.26. The Bertz CT molecular complexity index is 500. The second-order valence-corrected chi connectivity index (χ2v) is 4.65. The molecule has 0 aliphatic heterocycles. The Morgan fingerprint density at radius 3 is 2.24 bits per heavy atom. The van der Waals surface area contributed by atoms with Crippen LogP contribution in [-0.4, -0.2) is 45.5 Å². The highest BCUT2D eigenvalue weighted by Gasteiger charge is 2.30. The van der Waals surface area contributed by atoms with Gasteiger partial charge in [-0.15, -0.1) is 0 Å². The van der Waals surface area contributed by atoms with Crippen molar-refractivity contribution in [2.24, 2.45) is 0 Å². The Kier molecular flexibility index (Phi) is 6.39. The molecule has 6 nitrogen and oxygen atoms in total. The topological polar surface area (TPSA) is 94.9 Å². The van der Waals surface area contributed by atoms with E-state index in [1.165, 1.54) is 4.90 Å². The van der Waals surface area contributed by atoms with Crippen LogP contribution in [0, 0.1) is 0 Å². The van der Waals surface area contributed by atoms with Gasteiger partial charge in [-0.1, -0.05) is 25.1 Å². The lowest BCUT2D eigenvalue weighted by molar-refractivity contribution is -0.143. The number of hydrogen-bond donors (Lipinski definition) is 2. The van der Waals surface area contributed by atoms with E-state index >= 15 is 0 Å². The average Bonchev–Trinajstić information content (AvgIpc) is 2.46. The van der Waals surface area contributed by atoms with Crippen LogP contribution in [0.2, 0.25) is 0 Å². The van der Waals surface area contributed by atoms with E-state index in [1.54, 1.807) is 30.3 Å². The van der Waals surface area contributed by atoms with Gasteiger partial charge >= 0.3 is 11.9 Å². The van der Waals surface area contributed by atoms with E-state index in [9.17, 15) is 19.5 Å². The van der Waals surface area contributed by atoms with Gasteiger partial charge in [0.05, 0.1) is 0 Å². The number of carbonyl (C=O) groups is 3. The second-order valence-electron chi connectivity index (χ2n) is 4.65. The van der Waals surface area contributed by atoms with Crippen molar-refractivity contribution in [1.29, 1.82) is 0 Å². The van der Waals surface area contributed by atoms with Crippen LogP contribution in [0.15, 0.2) is 30.3 Å². The lowest BCUT2D eigenvalue weighted by Crippen LogP contribution is -2.45. The second kappa shape index (κ2) is 8.04. The monoisotopic (exact) mass is 293 g/mol. The van der Waals surface area contributed by atoms with Crippen LogP contribution in [-0.2, 0) is 9.59 Å². The summed E-state index contributed by atoms with van der Waals surface area (Å²) < 4.78 is 0. The Hall–Kier alpha value is -2.37. The molecular weight excluding hydrogens is 274 g/mol. The number of benzene rings is 1. The summed E-state index contributed by atoms with van der Waals surface area (Å²) in [7, 11) is 0. The number of carboxylic acids is 2. The van der Waals surface area contributed by atoms with Crippen LogP contribution in [0.1, 0.15) is 36.5 Å². The maximum absolute atomic E-state index is 12.4. The zero-order valence-electron chi connectivity index (χ0n) is 11.9. The minimum Gasteiger partial charge on any atom is -0.481 e. The zero-order valence-corrected chi connectivity index (χ0v) is 11.9. The normalized spacial score (nSPS) is 11.7. The van der Waals surface area contributed by atoms with Crippen molar-refractivity contribution in [3.05, 3.63) is 35.9 Å². The molecule has 0 bridgehead atoms. The number of carbonyl (C=O) groups excluding carboxylic acids is 1. The molecule has 0 spiro atoms. The van der Waals surface area contributed by atoms with Crippen molar-refractivity contribution >= 4 is 17.8 Å².